The predicted octanol–water partition coefficient (Wildman–Crippen LogP) is 5.43. The topological polar surface area (TPSA) is 195 Å². The lowest BCUT2D eigenvalue weighted by molar-refractivity contribution is -0.290. The van der Waals surface area contributed by atoms with Crippen LogP contribution in [0.15, 0.2) is 24.3 Å². The van der Waals surface area contributed by atoms with E-state index in [-0.39, 0.29) is 24.3 Å². The average molecular weight is 558 g/mol. The second-order valence-electron chi connectivity index (χ2n) is 6.91. The Bertz CT molecular complexity index is 1250. The molecule has 19 heteroatoms. The van der Waals surface area contributed by atoms with Gasteiger partial charge in [-0.05, 0) is 12.1 Å². The zero-order chi connectivity index (χ0) is 28.8. The van der Waals surface area contributed by atoms with E-state index in [1.807, 2.05) is 0 Å². The zero-order valence-corrected chi connectivity index (χ0v) is 17.5. The standard InChI is InChI=1S/C19H8F6O13/c20-18(21,22)17(19(23,24)25)5-1-9(35-13(26)27)11(37-15(30)31)3-7(5)34-8-4-12(38-16(32)33)10(2-6(8)17)36-14(28)29/h1-4H,(H,26,27)(H,28,29)(H,30,31)(H,32,33). The lowest BCUT2D eigenvalue weighted by Crippen LogP contribution is -2.56. The summed E-state index contributed by atoms with van der Waals surface area (Å²) in [5.41, 5.74) is -8.90. The van der Waals surface area contributed by atoms with Gasteiger partial charge in [0.2, 0.25) is 5.41 Å². The number of fused-ring (bicyclic) bond motifs is 2. The van der Waals surface area contributed by atoms with Crippen LogP contribution in [0, 0.1) is 0 Å². The van der Waals surface area contributed by atoms with Gasteiger partial charge in [-0.2, -0.15) is 26.3 Å². The lowest BCUT2D eigenvalue weighted by atomic mass is 9.70. The SMILES string of the molecule is O=C(O)Oc1cc2c(cc1OC(=O)O)C(C(F)(F)F)(C(F)(F)F)c1cc(OC(=O)O)c(OC(=O)O)cc1O2. The van der Waals surface area contributed by atoms with Crippen LogP contribution in [0.2, 0.25) is 0 Å². The molecule has 2 aromatic carbocycles. The van der Waals surface area contributed by atoms with E-state index >= 15 is 0 Å². The van der Waals surface area contributed by atoms with E-state index < -0.39 is 88.0 Å². The summed E-state index contributed by atoms with van der Waals surface area (Å²) in [5, 5.41) is 35.3. The van der Waals surface area contributed by atoms with Gasteiger partial charge in [0.15, 0.2) is 23.0 Å². The number of benzene rings is 2. The molecule has 1 aliphatic rings. The van der Waals surface area contributed by atoms with Crippen molar-refractivity contribution < 1.29 is 89.6 Å². The summed E-state index contributed by atoms with van der Waals surface area (Å²) in [6, 6.07) is 0.00261. The van der Waals surface area contributed by atoms with Gasteiger partial charge >= 0.3 is 37.0 Å². The first-order chi connectivity index (χ1) is 17.4. The highest BCUT2D eigenvalue weighted by Crippen LogP contribution is 2.64. The summed E-state index contributed by atoms with van der Waals surface area (Å²) < 4.78 is 109. The molecule has 0 spiro atoms. The van der Waals surface area contributed by atoms with Crippen LogP contribution in [0.1, 0.15) is 11.1 Å². The Morgan fingerprint density at radius 2 is 0.842 bits per heavy atom. The molecule has 1 heterocycles. The highest BCUT2D eigenvalue weighted by Gasteiger charge is 2.75. The molecule has 0 unspecified atom stereocenters. The minimum atomic E-state index is -6.36. The molecular formula is C19H8F6O13. The van der Waals surface area contributed by atoms with E-state index in [4.69, 9.17) is 25.2 Å². The fourth-order valence-corrected chi connectivity index (χ4v) is 3.57. The summed E-state index contributed by atoms with van der Waals surface area (Å²) in [4.78, 5) is 43.8. The number of ether oxygens (including phenoxy) is 5. The molecule has 0 radical (unpaired) electrons. The Hall–Kier alpha value is -5.10. The molecule has 0 amide bonds. The van der Waals surface area contributed by atoms with Crippen molar-refractivity contribution in [3.63, 3.8) is 0 Å². The maximum atomic E-state index is 14.5. The molecule has 1 aliphatic heterocycles. The molecule has 0 fully saturated rings. The second kappa shape index (κ2) is 9.09. The number of rotatable bonds is 4. The van der Waals surface area contributed by atoms with Crippen molar-refractivity contribution in [2.45, 2.75) is 17.8 Å². The molecule has 13 nitrogen and oxygen atoms in total. The molecule has 38 heavy (non-hydrogen) atoms. The van der Waals surface area contributed by atoms with Crippen molar-refractivity contribution in [3.8, 4) is 34.5 Å². The summed E-state index contributed by atoms with van der Waals surface area (Å²) in [6.45, 7) is 0. The van der Waals surface area contributed by atoms with Gasteiger partial charge < -0.3 is 44.1 Å². The third kappa shape index (κ3) is 4.67. The number of hydrogen-bond donors (Lipinski definition) is 4. The minimum absolute atomic E-state index is 0.148. The van der Waals surface area contributed by atoms with Gasteiger partial charge in [0, 0.05) is 23.3 Å². The van der Waals surface area contributed by atoms with Gasteiger partial charge in [0.05, 0.1) is 0 Å². The first-order valence-electron chi connectivity index (χ1n) is 9.20. The average Bonchev–Trinajstić information content (AvgIpc) is 2.70. The van der Waals surface area contributed by atoms with Gasteiger partial charge in [0.25, 0.3) is 0 Å². The van der Waals surface area contributed by atoms with Crippen LogP contribution < -0.4 is 23.7 Å². The van der Waals surface area contributed by atoms with Gasteiger partial charge in [-0.15, -0.1) is 0 Å². The maximum absolute atomic E-state index is 14.5. The molecule has 0 atom stereocenters. The fraction of sp³-hybridized carbons (Fsp3) is 0.158. The normalized spacial score (nSPS) is 13.7. The van der Waals surface area contributed by atoms with Crippen molar-refractivity contribution in [2.75, 3.05) is 0 Å². The van der Waals surface area contributed by atoms with E-state index in [1.54, 1.807) is 0 Å². The van der Waals surface area contributed by atoms with E-state index in [9.17, 15) is 45.5 Å². The molecular weight excluding hydrogens is 550 g/mol. The molecule has 2 aromatic rings. The van der Waals surface area contributed by atoms with Crippen LogP contribution in [0.25, 0.3) is 0 Å². The quantitative estimate of drug-likeness (QED) is 0.211. The van der Waals surface area contributed by atoms with Gasteiger partial charge in [-0.3, -0.25) is 0 Å². The van der Waals surface area contributed by atoms with Crippen LogP contribution in [0.4, 0.5) is 45.5 Å². The first kappa shape index (κ1) is 27.5. The highest BCUT2D eigenvalue weighted by molar-refractivity contribution is 5.74. The Kier molecular flexibility index (Phi) is 6.57. The molecule has 0 saturated carbocycles. The lowest BCUT2D eigenvalue weighted by Gasteiger charge is -2.42. The van der Waals surface area contributed by atoms with Gasteiger partial charge in [-0.25, -0.2) is 19.2 Å². The van der Waals surface area contributed by atoms with Crippen molar-refractivity contribution in [2.24, 2.45) is 0 Å². The van der Waals surface area contributed by atoms with Crippen LogP contribution >= 0.6 is 0 Å². The van der Waals surface area contributed by atoms with E-state index in [2.05, 4.69) is 18.9 Å². The number of carboxylic acid groups (broad SMARTS) is 4. The summed E-state index contributed by atoms with van der Waals surface area (Å²) in [7, 11) is 0. The van der Waals surface area contributed by atoms with Gasteiger partial charge in [-0.1, -0.05) is 0 Å². The van der Waals surface area contributed by atoms with E-state index in [1.165, 1.54) is 0 Å². The number of halogens is 6. The Morgan fingerprint density at radius 1 is 0.579 bits per heavy atom. The fourth-order valence-electron chi connectivity index (χ4n) is 3.57. The molecule has 0 bridgehead atoms. The maximum Gasteiger partial charge on any atom is 0.511 e. The number of carbonyl (C=O) groups is 4. The molecule has 3 rings (SSSR count). The predicted molar refractivity (Wildman–Crippen MR) is 100 cm³/mol. The third-order valence-corrected chi connectivity index (χ3v) is 4.76. The largest absolute Gasteiger partial charge is 0.511 e. The van der Waals surface area contributed by atoms with Crippen LogP contribution in [0.5, 0.6) is 34.5 Å². The first-order valence-corrected chi connectivity index (χ1v) is 9.20. The second-order valence-corrected chi connectivity index (χ2v) is 6.91. The highest BCUT2D eigenvalue weighted by atomic mass is 19.4. The molecule has 0 saturated heterocycles. The molecule has 0 aliphatic carbocycles. The molecule has 4 N–H and O–H groups in total. The Morgan fingerprint density at radius 3 is 1.08 bits per heavy atom. The number of alkyl halides is 6. The smallest absolute Gasteiger partial charge is 0.456 e. The van der Waals surface area contributed by atoms with Crippen LogP contribution in [0.3, 0.4) is 0 Å². The summed E-state index contributed by atoms with van der Waals surface area (Å²) in [5.74, 6) is -8.00. The third-order valence-electron chi connectivity index (χ3n) is 4.76. The zero-order valence-electron chi connectivity index (χ0n) is 17.5. The van der Waals surface area contributed by atoms with E-state index in [0.29, 0.717) is 0 Å². The number of hydrogen-bond acceptors (Lipinski definition) is 9. The van der Waals surface area contributed by atoms with Crippen molar-refractivity contribution in [1.29, 1.82) is 0 Å². The van der Waals surface area contributed by atoms with Crippen LogP contribution in [-0.2, 0) is 5.41 Å². The summed E-state index contributed by atoms with van der Waals surface area (Å²) >= 11 is 0. The molecule has 204 valence electrons. The van der Waals surface area contributed by atoms with Gasteiger partial charge in [0.1, 0.15) is 11.5 Å². The van der Waals surface area contributed by atoms with Crippen molar-refractivity contribution in [1.82, 2.24) is 0 Å². The van der Waals surface area contributed by atoms with Crippen molar-refractivity contribution in [3.05, 3.63) is 35.4 Å². The minimum Gasteiger partial charge on any atom is -0.456 e. The monoisotopic (exact) mass is 558 g/mol. The van der Waals surface area contributed by atoms with Crippen LogP contribution in [-0.4, -0.2) is 57.4 Å². The summed E-state index contributed by atoms with van der Waals surface area (Å²) in [6.07, 6.45) is -21.6. The molecule has 0 aromatic heterocycles. The Labute approximate surface area is 202 Å². The van der Waals surface area contributed by atoms with E-state index in [0.717, 1.165) is 0 Å². The van der Waals surface area contributed by atoms with Crippen molar-refractivity contribution >= 4 is 24.6 Å². The Balaban J connectivity index is 2.51.